The van der Waals surface area contributed by atoms with E-state index in [1.54, 1.807) is 11.3 Å². The maximum absolute atomic E-state index is 12.2. The Labute approximate surface area is 135 Å². The summed E-state index contributed by atoms with van der Waals surface area (Å²) in [5.74, 6) is 1.72. The molecule has 0 radical (unpaired) electrons. The van der Waals surface area contributed by atoms with E-state index in [9.17, 15) is 4.79 Å². The zero-order valence-corrected chi connectivity index (χ0v) is 14.4. The van der Waals surface area contributed by atoms with Gasteiger partial charge in [0.15, 0.2) is 0 Å². The van der Waals surface area contributed by atoms with Gasteiger partial charge in [-0.15, -0.1) is 10.2 Å². The van der Waals surface area contributed by atoms with Crippen molar-refractivity contribution in [3.63, 3.8) is 0 Å². The van der Waals surface area contributed by atoms with Crippen molar-refractivity contribution < 1.29 is 9.21 Å². The summed E-state index contributed by atoms with van der Waals surface area (Å²) < 4.78 is 5.60. The lowest BCUT2D eigenvalue weighted by Crippen LogP contribution is -2.36. The first kappa shape index (κ1) is 16.7. The zero-order valence-electron chi connectivity index (χ0n) is 13.6. The van der Waals surface area contributed by atoms with E-state index in [1.807, 2.05) is 28.8 Å². The fourth-order valence-electron chi connectivity index (χ4n) is 2.33. The molecule has 0 bridgehead atoms. The van der Waals surface area contributed by atoms with Crippen molar-refractivity contribution in [3.05, 3.63) is 22.7 Å². The first-order valence-electron chi connectivity index (χ1n) is 7.58. The number of rotatable bonds is 7. The summed E-state index contributed by atoms with van der Waals surface area (Å²) in [6.07, 6.45) is 1.88. The van der Waals surface area contributed by atoms with Crippen molar-refractivity contribution in [2.75, 3.05) is 7.05 Å². The number of thiophene rings is 1. The van der Waals surface area contributed by atoms with E-state index in [0.29, 0.717) is 30.5 Å². The van der Waals surface area contributed by atoms with Crippen molar-refractivity contribution in [2.45, 2.75) is 46.1 Å². The molecule has 0 aromatic carbocycles. The predicted molar refractivity (Wildman–Crippen MR) is 87.6 cm³/mol. The van der Waals surface area contributed by atoms with E-state index in [1.165, 1.54) is 0 Å². The van der Waals surface area contributed by atoms with Crippen molar-refractivity contribution in [3.8, 4) is 11.5 Å². The molecule has 22 heavy (non-hydrogen) atoms. The van der Waals surface area contributed by atoms with Gasteiger partial charge in [0.2, 0.25) is 17.7 Å². The van der Waals surface area contributed by atoms with E-state index < -0.39 is 0 Å². The molecule has 0 saturated carbocycles. The van der Waals surface area contributed by atoms with Gasteiger partial charge in [-0.2, -0.15) is 11.3 Å². The fraction of sp³-hybridized carbons (Fsp3) is 0.562. The highest BCUT2D eigenvalue weighted by Crippen LogP contribution is 2.21. The van der Waals surface area contributed by atoms with Gasteiger partial charge in [0.25, 0.3) is 0 Å². The summed E-state index contributed by atoms with van der Waals surface area (Å²) >= 11 is 1.59. The standard InChI is InChI=1S/C16H23N3O2S/c1-11(2)9-12(3)19(4)15(20)6-5-14-17-18-16(21-14)13-7-8-22-10-13/h7-8,10-12H,5-6,9H2,1-4H3/t12-/m1/s1. The van der Waals surface area contributed by atoms with Gasteiger partial charge in [-0.1, -0.05) is 13.8 Å². The lowest BCUT2D eigenvalue weighted by atomic mass is 10.0. The lowest BCUT2D eigenvalue weighted by molar-refractivity contribution is -0.131. The molecule has 0 N–H and O–H groups in total. The quantitative estimate of drug-likeness (QED) is 0.781. The minimum atomic E-state index is 0.114. The lowest BCUT2D eigenvalue weighted by Gasteiger charge is -2.26. The molecule has 0 spiro atoms. The molecule has 2 rings (SSSR count). The van der Waals surface area contributed by atoms with Gasteiger partial charge < -0.3 is 9.32 Å². The number of aryl methyl sites for hydroxylation is 1. The largest absolute Gasteiger partial charge is 0.421 e. The van der Waals surface area contributed by atoms with Crippen LogP contribution in [0.5, 0.6) is 0 Å². The van der Waals surface area contributed by atoms with Gasteiger partial charge in [-0.25, -0.2) is 0 Å². The van der Waals surface area contributed by atoms with Crippen molar-refractivity contribution >= 4 is 17.2 Å². The third-order valence-corrected chi connectivity index (χ3v) is 4.34. The highest BCUT2D eigenvalue weighted by molar-refractivity contribution is 7.08. The van der Waals surface area contributed by atoms with E-state index in [4.69, 9.17) is 4.42 Å². The Kier molecular flexibility index (Phi) is 5.71. The molecule has 5 nitrogen and oxygen atoms in total. The van der Waals surface area contributed by atoms with Gasteiger partial charge in [0, 0.05) is 36.9 Å². The van der Waals surface area contributed by atoms with Crippen molar-refractivity contribution in [2.24, 2.45) is 5.92 Å². The number of carbonyl (C=O) groups excluding carboxylic acids is 1. The molecule has 0 aliphatic carbocycles. The molecule has 0 aliphatic rings. The second-order valence-corrected chi connectivity index (χ2v) is 6.78. The second kappa shape index (κ2) is 7.54. The fourth-order valence-corrected chi connectivity index (χ4v) is 2.96. The Morgan fingerprint density at radius 1 is 1.36 bits per heavy atom. The molecule has 120 valence electrons. The van der Waals surface area contributed by atoms with Crippen LogP contribution in [-0.2, 0) is 11.2 Å². The number of amides is 1. The molecular weight excluding hydrogens is 298 g/mol. The highest BCUT2D eigenvalue weighted by Gasteiger charge is 2.18. The molecule has 0 fully saturated rings. The van der Waals surface area contributed by atoms with Gasteiger partial charge in [-0.05, 0) is 30.7 Å². The molecule has 2 aromatic rings. The topological polar surface area (TPSA) is 59.2 Å². The first-order chi connectivity index (χ1) is 10.5. The van der Waals surface area contributed by atoms with Gasteiger partial charge in [0.1, 0.15) is 0 Å². The smallest absolute Gasteiger partial charge is 0.248 e. The maximum Gasteiger partial charge on any atom is 0.248 e. The average molecular weight is 321 g/mol. The molecule has 6 heteroatoms. The van der Waals surface area contributed by atoms with Crippen molar-refractivity contribution in [1.82, 2.24) is 15.1 Å². The summed E-state index contributed by atoms with van der Waals surface area (Å²) in [6.45, 7) is 6.41. The molecule has 2 aromatic heterocycles. The van der Waals surface area contributed by atoms with Crippen LogP contribution in [0, 0.1) is 5.92 Å². The minimum Gasteiger partial charge on any atom is -0.421 e. The highest BCUT2D eigenvalue weighted by atomic mass is 32.1. The molecule has 2 heterocycles. The molecule has 0 unspecified atom stereocenters. The van der Waals surface area contributed by atoms with Crippen LogP contribution in [-0.4, -0.2) is 34.1 Å². The van der Waals surface area contributed by atoms with Crippen LogP contribution in [0.1, 0.15) is 39.5 Å². The third-order valence-electron chi connectivity index (χ3n) is 3.65. The number of hydrogen-bond donors (Lipinski definition) is 0. The number of carbonyl (C=O) groups is 1. The van der Waals surface area contributed by atoms with Gasteiger partial charge in [-0.3, -0.25) is 4.79 Å². The maximum atomic E-state index is 12.2. The Hall–Kier alpha value is -1.69. The summed E-state index contributed by atoms with van der Waals surface area (Å²) in [5.41, 5.74) is 0.928. The van der Waals surface area contributed by atoms with Crippen LogP contribution in [0.15, 0.2) is 21.2 Å². The van der Waals surface area contributed by atoms with E-state index >= 15 is 0 Å². The Bertz CT molecular complexity index is 592. The van der Waals surface area contributed by atoms with Gasteiger partial charge in [0.05, 0.1) is 0 Å². The third kappa shape index (κ3) is 4.40. The molecule has 0 saturated heterocycles. The van der Waals surface area contributed by atoms with Crippen LogP contribution in [0.2, 0.25) is 0 Å². The van der Waals surface area contributed by atoms with Crippen LogP contribution in [0.4, 0.5) is 0 Å². The molecule has 1 atom stereocenters. The Balaban J connectivity index is 1.86. The Morgan fingerprint density at radius 2 is 2.14 bits per heavy atom. The van der Waals surface area contributed by atoms with E-state index in [-0.39, 0.29) is 11.9 Å². The average Bonchev–Trinajstić information content (AvgIpc) is 3.13. The van der Waals surface area contributed by atoms with E-state index in [2.05, 4.69) is 31.0 Å². The summed E-state index contributed by atoms with van der Waals surface area (Å²) in [6, 6.07) is 2.19. The SMILES string of the molecule is CC(C)C[C@@H](C)N(C)C(=O)CCc1nnc(-c2ccsc2)o1. The van der Waals surface area contributed by atoms with Crippen LogP contribution >= 0.6 is 11.3 Å². The molecule has 1 amide bonds. The first-order valence-corrected chi connectivity index (χ1v) is 8.52. The Morgan fingerprint density at radius 3 is 2.77 bits per heavy atom. The van der Waals surface area contributed by atoms with Crippen LogP contribution in [0.3, 0.4) is 0 Å². The van der Waals surface area contributed by atoms with Crippen molar-refractivity contribution in [1.29, 1.82) is 0 Å². The molecule has 0 aliphatic heterocycles. The van der Waals surface area contributed by atoms with E-state index in [0.717, 1.165) is 12.0 Å². The van der Waals surface area contributed by atoms with Gasteiger partial charge >= 0.3 is 0 Å². The minimum absolute atomic E-state index is 0.114. The molecular formula is C16H23N3O2S. The summed E-state index contributed by atoms with van der Waals surface area (Å²) in [7, 11) is 1.86. The summed E-state index contributed by atoms with van der Waals surface area (Å²) in [4.78, 5) is 14.0. The van der Waals surface area contributed by atoms with Crippen LogP contribution in [0.25, 0.3) is 11.5 Å². The second-order valence-electron chi connectivity index (χ2n) is 6.00. The normalized spacial score (nSPS) is 12.6. The zero-order chi connectivity index (χ0) is 16.1. The van der Waals surface area contributed by atoms with Crippen LogP contribution < -0.4 is 0 Å². The number of nitrogens with zero attached hydrogens (tertiary/aromatic N) is 3. The number of hydrogen-bond acceptors (Lipinski definition) is 5. The summed E-state index contributed by atoms with van der Waals surface area (Å²) in [5, 5.41) is 12.0. The number of aromatic nitrogens is 2. The predicted octanol–water partition coefficient (Wildman–Crippen LogP) is 3.62. The monoisotopic (exact) mass is 321 g/mol.